The number of ether oxygens (including phenoxy) is 1. The van der Waals surface area contributed by atoms with Gasteiger partial charge in [-0.2, -0.15) is 0 Å². The van der Waals surface area contributed by atoms with Gasteiger partial charge in [0.15, 0.2) is 4.34 Å². The van der Waals surface area contributed by atoms with Crippen molar-refractivity contribution in [3.63, 3.8) is 0 Å². The minimum absolute atomic E-state index is 0.0263. The van der Waals surface area contributed by atoms with E-state index in [0.717, 1.165) is 33.3 Å². The van der Waals surface area contributed by atoms with Crippen molar-refractivity contribution in [1.29, 1.82) is 0 Å². The Morgan fingerprint density at radius 2 is 2.13 bits per heavy atom. The molecule has 0 radical (unpaired) electrons. The Balaban J connectivity index is 1.09. The van der Waals surface area contributed by atoms with Crippen LogP contribution in [0.1, 0.15) is 30.6 Å². The van der Waals surface area contributed by atoms with Gasteiger partial charge in [-0.25, -0.2) is 4.98 Å². The van der Waals surface area contributed by atoms with E-state index in [4.69, 9.17) is 4.74 Å². The highest BCUT2D eigenvalue weighted by molar-refractivity contribution is 8.01. The molecular formula is C23H27N3O2S3. The predicted molar refractivity (Wildman–Crippen MR) is 131 cm³/mol. The second kappa shape index (κ2) is 11.7. The third-order valence-corrected chi connectivity index (χ3v) is 8.05. The molecule has 1 saturated heterocycles. The number of hydrogen-bond acceptors (Lipinski definition) is 7. The Kier molecular flexibility index (Phi) is 8.40. The molecule has 0 spiro atoms. The number of carbonyl (C=O) groups excluding carboxylic acids is 1. The number of thiophene rings is 1. The summed E-state index contributed by atoms with van der Waals surface area (Å²) in [6.07, 6.45) is 8.39. The van der Waals surface area contributed by atoms with Gasteiger partial charge < -0.3 is 10.1 Å². The average Bonchev–Trinajstić information content (AvgIpc) is 3.41. The monoisotopic (exact) mass is 473 g/mol. The van der Waals surface area contributed by atoms with Crippen molar-refractivity contribution in [2.24, 2.45) is 0 Å². The molecule has 31 heavy (non-hydrogen) atoms. The average molecular weight is 474 g/mol. The van der Waals surface area contributed by atoms with Crippen molar-refractivity contribution in [1.82, 2.24) is 15.2 Å². The molecule has 0 aliphatic carbocycles. The zero-order chi connectivity index (χ0) is 21.3. The first-order chi connectivity index (χ1) is 15.3. The highest BCUT2D eigenvalue weighted by Crippen LogP contribution is 2.29. The fraction of sp³-hybridized carbons (Fsp3) is 0.391. The normalized spacial score (nSPS) is 15.0. The van der Waals surface area contributed by atoms with Crippen LogP contribution in [0.2, 0.25) is 0 Å². The summed E-state index contributed by atoms with van der Waals surface area (Å²) in [4.78, 5) is 20.4. The van der Waals surface area contributed by atoms with Gasteiger partial charge in [0.1, 0.15) is 5.75 Å². The van der Waals surface area contributed by atoms with Gasteiger partial charge in [-0.15, -0.1) is 22.7 Å². The second-order valence-electron chi connectivity index (χ2n) is 7.43. The first-order valence-electron chi connectivity index (χ1n) is 10.6. The van der Waals surface area contributed by atoms with Crippen LogP contribution in [0.4, 0.5) is 0 Å². The van der Waals surface area contributed by atoms with E-state index in [-0.39, 0.29) is 5.91 Å². The number of rotatable bonds is 10. The van der Waals surface area contributed by atoms with Gasteiger partial charge in [-0.3, -0.25) is 9.69 Å². The van der Waals surface area contributed by atoms with Gasteiger partial charge in [0.2, 0.25) is 5.91 Å². The molecule has 0 bridgehead atoms. The molecule has 1 aliphatic rings. The summed E-state index contributed by atoms with van der Waals surface area (Å²) in [5, 5.41) is 4.90. The van der Waals surface area contributed by atoms with Gasteiger partial charge in [-0.1, -0.05) is 36.4 Å². The first kappa shape index (κ1) is 22.3. The van der Waals surface area contributed by atoms with Crippen LogP contribution in [0.15, 0.2) is 52.3 Å². The zero-order valence-corrected chi connectivity index (χ0v) is 19.9. The molecule has 1 aliphatic heterocycles. The van der Waals surface area contributed by atoms with E-state index >= 15 is 0 Å². The van der Waals surface area contributed by atoms with Crippen molar-refractivity contribution in [3.8, 4) is 5.75 Å². The van der Waals surface area contributed by atoms with Crippen molar-refractivity contribution in [3.05, 3.63) is 52.9 Å². The Bertz CT molecular complexity index is 975. The molecule has 8 heteroatoms. The molecule has 1 fully saturated rings. The largest absolute Gasteiger partial charge is 0.492 e. The van der Waals surface area contributed by atoms with Crippen LogP contribution in [0.5, 0.6) is 5.75 Å². The number of amides is 1. The third-order valence-electron chi connectivity index (χ3n) is 4.97. The molecule has 1 aromatic carbocycles. The molecule has 1 amide bonds. The number of fused-ring (bicyclic) bond motifs is 1. The molecule has 164 valence electrons. The van der Waals surface area contributed by atoms with Gasteiger partial charge in [0.25, 0.3) is 0 Å². The van der Waals surface area contributed by atoms with E-state index in [1.54, 1.807) is 28.9 Å². The SMILES string of the molecule is O=C(CSc1nc2ccccc2s1)N/C=C\CCOc1csc(CN2CCCCC2)c1. The van der Waals surface area contributed by atoms with Gasteiger partial charge >= 0.3 is 0 Å². The lowest BCUT2D eigenvalue weighted by molar-refractivity contribution is -0.117. The van der Waals surface area contributed by atoms with E-state index in [9.17, 15) is 4.79 Å². The molecule has 0 saturated carbocycles. The van der Waals surface area contributed by atoms with Crippen molar-refractivity contribution in [2.45, 2.75) is 36.6 Å². The summed E-state index contributed by atoms with van der Waals surface area (Å²) in [7, 11) is 0. The lowest BCUT2D eigenvalue weighted by Gasteiger charge is -2.25. The smallest absolute Gasteiger partial charge is 0.234 e. The van der Waals surface area contributed by atoms with E-state index in [1.807, 2.05) is 30.3 Å². The summed E-state index contributed by atoms with van der Waals surface area (Å²) >= 11 is 4.86. The number of para-hydroxylation sites is 1. The number of likely N-dealkylation sites (tertiary alicyclic amines) is 1. The number of piperidine rings is 1. The number of hydrogen-bond donors (Lipinski definition) is 1. The number of thiazole rings is 1. The summed E-state index contributed by atoms with van der Waals surface area (Å²) in [6.45, 7) is 4.06. The minimum Gasteiger partial charge on any atom is -0.492 e. The van der Waals surface area contributed by atoms with Crippen LogP contribution in [0.3, 0.4) is 0 Å². The molecule has 0 atom stereocenters. The van der Waals surface area contributed by atoms with Gasteiger partial charge in [0, 0.05) is 23.2 Å². The van der Waals surface area contributed by atoms with Gasteiger partial charge in [0.05, 0.1) is 22.6 Å². The number of nitrogens with one attached hydrogen (secondary N) is 1. The predicted octanol–water partition coefficient (Wildman–Crippen LogP) is 5.53. The van der Waals surface area contributed by atoms with Crippen LogP contribution < -0.4 is 10.1 Å². The Labute approximate surface area is 195 Å². The number of benzene rings is 1. The van der Waals surface area contributed by atoms with Crippen LogP contribution in [-0.4, -0.2) is 41.2 Å². The molecule has 3 heterocycles. The lowest BCUT2D eigenvalue weighted by atomic mass is 10.1. The number of nitrogens with zero attached hydrogens (tertiary/aromatic N) is 2. The topological polar surface area (TPSA) is 54.5 Å². The summed E-state index contributed by atoms with van der Waals surface area (Å²) < 4.78 is 7.90. The fourth-order valence-corrected chi connectivity index (χ4v) is 6.14. The zero-order valence-electron chi connectivity index (χ0n) is 17.4. The molecule has 0 unspecified atom stereocenters. The minimum atomic E-state index is -0.0263. The molecular weight excluding hydrogens is 446 g/mol. The van der Waals surface area contributed by atoms with Crippen LogP contribution in [0, 0.1) is 0 Å². The van der Waals surface area contributed by atoms with Crippen molar-refractivity contribution >= 4 is 50.6 Å². The van der Waals surface area contributed by atoms with Crippen LogP contribution >= 0.6 is 34.4 Å². The Morgan fingerprint density at radius 3 is 3.00 bits per heavy atom. The summed E-state index contributed by atoms with van der Waals surface area (Å²) in [5.41, 5.74) is 0.986. The highest BCUT2D eigenvalue weighted by atomic mass is 32.2. The quantitative estimate of drug-likeness (QED) is 0.310. The van der Waals surface area contributed by atoms with Crippen molar-refractivity contribution in [2.75, 3.05) is 25.4 Å². The van der Waals surface area contributed by atoms with E-state index in [1.165, 1.54) is 49.0 Å². The number of aromatic nitrogens is 1. The summed E-state index contributed by atoms with van der Waals surface area (Å²) in [6, 6.07) is 10.2. The van der Waals surface area contributed by atoms with Crippen LogP contribution in [0.25, 0.3) is 10.2 Å². The summed E-state index contributed by atoms with van der Waals surface area (Å²) in [5.74, 6) is 1.28. The molecule has 3 aromatic rings. The maximum atomic E-state index is 12.0. The standard InChI is InChI=1S/C23H27N3O2S3/c27-22(17-30-23-25-20-8-2-3-9-21(20)31-23)24-10-4-7-13-28-18-14-19(29-16-18)15-26-11-5-1-6-12-26/h2-4,8-10,14,16H,1,5-7,11-13,15,17H2,(H,24,27)/b10-4-. The molecule has 4 rings (SSSR count). The highest BCUT2D eigenvalue weighted by Gasteiger charge is 2.12. The number of thioether (sulfide) groups is 1. The molecule has 5 nitrogen and oxygen atoms in total. The lowest BCUT2D eigenvalue weighted by Crippen LogP contribution is -2.28. The van der Waals surface area contributed by atoms with E-state index in [0.29, 0.717) is 12.4 Å². The second-order valence-corrected chi connectivity index (χ2v) is 10.7. The van der Waals surface area contributed by atoms with Crippen molar-refractivity contribution < 1.29 is 9.53 Å². The number of carbonyl (C=O) groups is 1. The van der Waals surface area contributed by atoms with E-state index < -0.39 is 0 Å². The third kappa shape index (κ3) is 7.07. The van der Waals surface area contributed by atoms with Gasteiger partial charge in [-0.05, 0) is 50.3 Å². The molecule has 2 aromatic heterocycles. The maximum absolute atomic E-state index is 12.0. The van der Waals surface area contributed by atoms with E-state index in [2.05, 4.69) is 26.6 Å². The Hall–Kier alpha value is -1.87. The maximum Gasteiger partial charge on any atom is 0.234 e. The Morgan fingerprint density at radius 1 is 1.26 bits per heavy atom. The first-order valence-corrected chi connectivity index (χ1v) is 13.3. The van der Waals surface area contributed by atoms with Crippen LogP contribution in [-0.2, 0) is 11.3 Å². The fourth-order valence-electron chi connectivity index (χ4n) is 3.42. The molecule has 1 N–H and O–H groups in total.